The van der Waals surface area contributed by atoms with Gasteiger partial charge in [0, 0.05) is 43.4 Å². The standard InChI is InChI=1S/C19H28N4OS.HI/c1-13(2)17-12-23(10-11-25-17)19(20-3)21-9-8-15-14-6-4-5-7-16(14)22-18(15)24;/h4-7,13,15,17H,8-12H2,1-3H3,(H,20,21)(H,22,24);1H. The third kappa shape index (κ3) is 4.85. The third-order valence-electron chi connectivity index (χ3n) is 4.98. The minimum Gasteiger partial charge on any atom is -0.356 e. The van der Waals surface area contributed by atoms with E-state index < -0.39 is 0 Å². The summed E-state index contributed by atoms with van der Waals surface area (Å²) in [5.41, 5.74) is 2.06. The molecule has 1 amide bonds. The normalized spacial score (nSPS) is 22.7. The lowest BCUT2D eigenvalue weighted by Gasteiger charge is -2.36. The molecule has 1 fully saturated rings. The number of guanidine groups is 1. The minimum atomic E-state index is -0.0675. The predicted molar refractivity (Wildman–Crippen MR) is 122 cm³/mol. The van der Waals surface area contributed by atoms with Crippen LogP contribution < -0.4 is 10.6 Å². The molecular weight excluding hydrogens is 459 g/mol. The van der Waals surface area contributed by atoms with Crippen molar-refractivity contribution in [2.24, 2.45) is 10.9 Å². The van der Waals surface area contributed by atoms with Crippen LogP contribution in [-0.4, -0.2) is 54.5 Å². The summed E-state index contributed by atoms with van der Waals surface area (Å²) in [4.78, 5) is 19.0. The SMILES string of the molecule is CN=C(NCCC1C(=O)Nc2ccccc21)N1CCSC(C(C)C)C1.I. The van der Waals surface area contributed by atoms with Gasteiger partial charge in [0.2, 0.25) is 5.91 Å². The molecule has 144 valence electrons. The molecule has 2 aliphatic heterocycles. The number of rotatable bonds is 4. The zero-order chi connectivity index (χ0) is 17.8. The lowest BCUT2D eigenvalue weighted by molar-refractivity contribution is -0.117. The number of fused-ring (bicyclic) bond motifs is 1. The molecule has 5 nitrogen and oxygen atoms in total. The van der Waals surface area contributed by atoms with Gasteiger partial charge in [-0.15, -0.1) is 24.0 Å². The largest absolute Gasteiger partial charge is 0.356 e. The Kier molecular flexibility index (Phi) is 8.06. The Bertz CT molecular complexity index is 652. The number of carbonyl (C=O) groups excluding carboxylic acids is 1. The Morgan fingerprint density at radius 3 is 2.92 bits per heavy atom. The van der Waals surface area contributed by atoms with Crippen LogP contribution in [0.25, 0.3) is 0 Å². The number of para-hydroxylation sites is 1. The average Bonchev–Trinajstić information content (AvgIpc) is 2.94. The van der Waals surface area contributed by atoms with Gasteiger partial charge in [-0.2, -0.15) is 11.8 Å². The Morgan fingerprint density at radius 1 is 1.42 bits per heavy atom. The third-order valence-corrected chi connectivity index (χ3v) is 6.51. The summed E-state index contributed by atoms with van der Waals surface area (Å²) in [6, 6.07) is 7.97. The van der Waals surface area contributed by atoms with Crippen LogP contribution >= 0.6 is 35.7 Å². The van der Waals surface area contributed by atoms with Gasteiger partial charge in [-0.1, -0.05) is 32.0 Å². The van der Waals surface area contributed by atoms with E-state index in [1.54, 1.807) is 0 Å². The highest BCUT2D eigenvalue weighted by Crippen LogP contribution is 2.34. The fraction of sp³-hybridized carbons (Fsp3) is 0.579. The number of aliphatic imine (C=N–C) groups is 1. The van der Waals surface area contributed by atoms with E-state index in [0.29, 0.717) is 11.2 Å². The Labute approximate surface area is 177 Å². The molecule has 0 aliphatic carbocycles. The second-order valence-electron chi connectivity index (χ2n) is 6.99. The molecule has 1 aromatic carbocycles. The molecule has 0 saturated carbocycles. The van der Waals surface area contributed by atoms with Crippen LogP contribution in [0.1, 0.15) is 31.7 Å². The van der Waals surface area contributed by atoms with E-state index in [4.69, 9.17) is 0 Å². The van der Waals surface area contributed by atoms with Crippen LogP contribution in [0, 0.1) is 5.92 Å². The molecule has 2 heterocycles. The number of carbonyl (C=O) groups is 1. The zero-order valence-corrected chi connectivity index (χ0v) is 18.8. The summed E-state index contributed by atoms with van der Waals surface area (Å²) in [5, 5.41) is 7.09. The number of hydrogen-bond acceptors (Lipinski definition) is 3. The molecular formula is C19H29IN4OS. The van der Waals surface area contributed by atoms with Gasteiger partial charge < -0.3 is 15.5 Å². The zero-order valence-electron chi connectivity index (χ0n) is 15.7. The Morgan fingerprint density at radius 2 is 2.19 bits per heavy atom. The maximum atomic E-state index is 12.2. The van der Waals surface area contributed by atoms with E-state index >= 15 is 0 Å². The molecule has 26 heavy (non-hydrogen) atoms. The fourth-order valence-electron chi connectivity index (χ4n) is 3.49. The van der Waals surface area contributed by atoms with Crippen molar-refractivity contribution >= 4 is 53.3 Å². The summed E-state index contributed by atoms with van der Waals surface area (Å²) in [6.07, 6.45) is 0.776. The maximum Gasteiger partial charge on any atom is 0.232 e. The van der Waals surface area contributed by atoms with E-state index in [1.807, 2.05) is 31.3 Å². The summed E-state index contributed by atoms with van der Waals surface area (Å²) in [7, 11) is 1.84. The van der Waals surface area contributed by atoms with Gasteiger partial charge in [0.1, 0.15) is 0 Å². The van der Waals surface area contributed by atoms with Crippen molar-refractivity contribution in [1.82, 2.24) is 10.2 Å². The molecule has 2 atom stereocenters. The van der Waals surface area contributed by atoms with E-state index in [9.17, 15) is 4.79 Å². The predicted octanol–water partition coefficient (Wildman–Crippen LogP) is 3.38. The first-order valence-corrected chi connectivity index (χ1v) is 10.1. The van der Waals surface area contributed by atoms with Crippen molar-refractivity contribution in [1.29, 1.82) is 0 Å². The van der Waals surface area contributed by atoms with Gasteiger partial charge in [0.15, 0.2) is 5.96 Å². The van der Waals surface area contributed by atoms with E-state index in [-0.39, 0.29) is 35.8 Å². The summed E-state index contributed by atoms with van der Waals surface area (Å²) in [5.74, 6) is 2.80. The number of anilines is 1. The molecule has 3 rings (SSSR count). The lowest BCUT2D eigenvalue weighted by atomic mass is 9.97. The van der Waals surface area contributed by atoms with Crippen LogP contribution in [0.2, 0.25) is 0 Å². The second-order valence-corrected chi connectivity index (χ2v) is 8.34. The van der Waals surface area contributed by atoms with Gasteiger partial charge in [-0.3, -0.25) is 9.79 Å². The first-order chi connectivity index (χ1) is 12.1. The second kappa shape index (κ2) is 9.82. The smallest absolute Gasteiger partial charge is 0.232 e. The first-order valence-electron chi connectivity index (χ1n) is 9.07. The number of thioether (sulfide) groups is 1. The van der Waals surface area contributed by atoms with E-state index in [1.165, 1.54) is 0 Å². The molecule has 0 radical (unpaired) electrons. The highest BCUT2D eigenvalue weighted by molar-refractivity contribution is 14.0. The van der Waals surface area contributed by atoms with E-state index in [2.05, 4.69) is 46.1 Å². The van der Waals surface area contributed by atoms with Crippen LogP contribution in [0.15, 0.2) is 29.3 Å². The lowest BCUT2D eigenvalue weighted by Crippen LogP contribution is -2.49. The van der Waals surface area contributed by atoms with Gasteiger partial charge >= 0.3 is 0 Å². The topological polar surface area (TPSA) is 56.7 Å². The van der Waals surface area contributed by atoms with Crippen LogP contribution in [0.5, 0.6) is 0 Å². The van der Waals surface area contributed by atoms with Crippen LogP contribution in [0.3, 0.4) is 0 Å². The van der Waals surface area contributed by atoms with Crippen molar-refractivity contribution in [3.8, 4) is 0 Å². The van der Waals surface area contributed by atoms with Crippen molar-refractivity contribution in [3.63, 3.8) is 0 Å². The molecule has 1 aromatic rings. The molecule has 0 spiro atoms. The minimum absolute atomic E-state index is 0. The highest BCUT2D eigenvalue weighted by atomic mass is 127. The fourth-order valence-corrected chi connectivity index (χ4v) is 4.79. The van der Waals surface area contributed by atoms with Crippen molar-refractivity contribution in [2.45, 2.75) is 31.4 Å². The number of benzene rings is 1. The van der Waals surface area contributed by atoms with Gasteiger partial charge in [0.05, 0.1) is 5.92 Å². The number of hydrogen-bond donors (Lipinski definition) is 2. The van der Waals surface area contributed by atoms with Gasteiger partial charge in [-0.25, -0.2) is 0 Å². The molecule has 1 saturated heterocycles. The van der Waals surface area contributed by atoms with Gasteiger partial charge in [-0.05, 0) is 24.0 Å². The van der Waals surface area contributed by atoms with Gasteiger partial charge in [0.25, 0.3) is 0 Å². The summed E-state index contributed by atoms with van der Waals surface area (Å²) < 4.78 is 0. The van der Waals surface area contributed by atoms with Crippen molar-refractivity contribution in [3.05, 3.63) is 29.8 Å². The monoisotopic (exact) mass is 488 g/mol. The van der Waals surface area contributed by atoms with E-state index in [0.717, 1.165) is 49.0 Å². The van der Waals surface area contributed by atoms with Crippen LogP contribution in [0.4, 0.5) is 5.69 Å². The Hall–Kier alpha value is -0.960. The number of halogens is 1. The number of amides is 1. The quantitative estimate of drug-likeness (QED) is 0.388. The summed E-state index contributed by atoms with van der Waals surface area (Å²) >= 11 is 2.06. The van der Waals surface area contributed by atoms with Crippen molar-refractivity contribution < 1.29 is 4.79 Å². The summed E-state index contributed by atoms with van der Waals surface area (Å²) in [6.45, 7) is 7.38. The molecule has 0 bridgehead atoms. The molecule has 2 unspecified atom stereocenters. The van der Waals surface area contributed by atoms with Crippen LogP contribution in [-0.2, 0) is 4.79 Å². The highest BCUT2D eigenvalue weighted by Gasteiger charge is 2.30. The first kappa shape index (κ1) is 21.3. The molecule has 2 aliphatic rings. The number of nitrogens with one attached hydrogen (secondary N) is 2. The Balaban J connectivity index is 0.00000243. The maximum absolute atomic E-state index is 12.2. The molecule has 2 N–H and O–H groups in total. The van der Waals surface area contributed by atoms with Crippen molar-refractivity contribution in [2.75, 3.05) is 37.8 Å². The molecule has 0 aromatic heterocycles. The molecule has 7 heteroatoms. The number of nitrogens with zero attached hydrogens (tertiary/aromatic N) is 2. The average molecular weight is 488 g/mol.